The van der Waals surface area contributed by atoms with Crippen LogP contribution in [-0.4, -0.2) is 17.8 Å². The normalized spacial score (nSPS) is 15.1. The van der Waals surface area contributed by atoms with Gasteiger partial charge in [0.1, 0.15) is 0 Å². The molecular formula is C12H25NO. The molecule has 0 heterocycles. The van der Waals surface area contributed by atoms with Crippen LogP contribution in [0.25, 0.3) is 0 Å². The molecule has 0 aromatic rings. The fraction of sp³-hybridized carbons (Fsp3) is 0.833. The van der Waals surface area contributed by atoms with E-state index in [2.05, 4.69) is 13.5 Å². The lowest BCUT2D eigenvalue weighted by molar-refractivity contribution is 0.0910. The molecular weight excluding hydrogens is 174 g/mol. The van der Waals surface area contributed by atoms with Crippen LogP contribution in [-0.2, 0) is 0 Å². The summed E-state index contributed by atoms with van der Waals surface area (Å²) < 4.78 is 0. The molecule has 0 aromatic heterocycles. The van der Waals surface area contributed by atoms with Crippen LogP contribution in [0.1, 0.15) is 46.0 Å². The van der Waals surface area contributed by atoms with Crippen molar-refractivity contribution in [3.8, 4) is 0 Å². The third-order valence-corrected chi connectivity index (χ3v) is 2.71. The van der Waals surface area contributed by atoms with Crippen LogP contribution < -0.4 is 5.73 Å². The standard InChI is InChI=1S/C12H25NO/c1-4-11(6-5-9-13)12(14)8-7-10(2)3/h11-12,14H,2,4-9,13H2,1,3H3/t11-,12-/m1/s1. The van der Waals surface area contributed by atoms with Crippen molar-refractivity contribution in [2.24, 2.45) is 11.7 Å². The second-order valence-corrected chi connectivity index (χ2v) is 4.16. The van der Waals surface area contributed by atoms with Crippen LogP contribution in [0.4, 0.5) is 0 Å². The van der Waals surface area contributed by atoms with Crippen molar-refractivity contribution in [1.82, 2.24) is 0 Å². The van der Waals surface area contributed by atoms with Crippen molar-refractivity contribution in [1.29, 1.82) is 0 Å². The average molecular weight is 199 g/mol. The van der Waals surface area contributed by atoms with Crippen molar-refractivity contribution in [3.63, 3.8) is 0 Å². The first-order valence-electron chi connectivity index (χ1n) is 5.64. The van der Waals surface area contributed by atoms with Crippen molar-refractivity contribution >= 4 is 0 Å². The van der Waals surface area contributed by atoms with Crippen LogP contribution in [0.3, 0.4) is 0 Å². The second-order valence-electron chi connectivity index (χ2n) is 4.16. The lowest BCUT2D eigenvalue weighted by Crippen LogP contribution is -2.20. The Labute approximate surface area is 88.2 Å². The van der Waals surface area contributed by atoms with Gasteiger partial charge in [-0.1, -0.05) is 18.9 Å². The van der Waals surface area contributed by atoms with Gasteiger partial charge in [0.2, 0.25) is 0 Å². The summed E-state index contributed by atoms with van der Waals surface area (Å²) in [4.78, 5) is 0. The Bertz CT molecular complexity index is 156. The molecule has 0 radical (unpaired) electrons. The number of hydrogen-bond acceptors (Lipinski definition) is 2. The zero-order chi connectivity index (χ0) is 11.0. The third kappa shape index (κ3) is 6.17. The van der Waals surface area contributed by atoms with Gasteiger partial charge < -0.3 is 10.8 Å². The molecule has 0 rings (SSSR count). The van der Waals surface area contributed by atoms with E-state index in [0.29, 0.717) is 5.92 Å². The molecule has 2 heteroatoms. The first-order chi connectivity index (χ1) is 6.61. The van der Waals surface area contributed by atoms with E-state index in [-0.39, 0.29) is 6.10 Å². The van der Waals surface area contributed by atoms with Gasteiger partial charge >= 0.3 is 0 Å². The van der Waals surface area contributed by atoms with Crippen molar-refractivity contribution in [2.45, 2.75) is 52.1 Å². The molecule has 0 aliphatic heterocycles. The third-order valence-electron chi connectivity index (χ3n) is 2.71. The Kier molecular flexibility index (Phi) is 7.81. The molecule has 0 spiro atoms. The van der Waals surface area contributed by atoms with E-state index in [1.54, 1.807) is 0 Å². The Balaban J connectivity index is 3.78. The van der Waals surface area contributed by atoms with Gasteiger partial charge in [0.25, 0.3) is 0 Å². The first kappa shape index (κ1) is 13.7. The van der Waals surface area contributed by atoms with Crippen molar-refractivity contribution < 1.29 is 5.11 Å². The van der Waals surface area contributed by atoms with E-state index >= 15 is 0 Å². The molecule has 0 fully saturated rings. The highest BCUT2D eigenvalue weighted by atomic mass is 16.3. The minimum atomic E-state index is -0.178. The quantitative estimate of drug-likeness (QED) is 0.590. The van der Waals surface area contributed by atoms with Gasteiger partial charge in [-0.3, -0.25) is 0 Å². The monoisotopic (exact) mass is 199 g/mol. The lowest BCUT2D eigenvalue weighted by atomic mass is 9.90. The summed E-state index contributed by atoms with van der Waals surface area (Å²) in [7, 11) is 0. The fourth-order valence-electron chi connectivity index (χ4n) is 1.68. The predicted octanol–water partition coefficient (Wildman–Crippen LogP) is 2.47. The summed E-state index contributed by atoms with van der Waals surface area (Å²) in [6, 6.07) is 0. The summed E-state index contributed by atoms with van der Waals surface area (Å²) in [6.45, 7) is 8.71. The number of rotatable bonds is 8. The van der Waals surface area contributed by atoms with Crippen LogP contribution in [0.2, 0.25) is 0 Å². The van der Waals surface area contributed by atoms with Gasteiger partial charge in [-0.15, -0.1) is 6.58 Å². The number of nitrogens with two attached hydrogens (primary N) is 1. The molecule has 0 saturated carbocycles. The summed E-state index contributed by atoms with van der Waals surface area (Å²) in [5.74, 6) is 0.415. The van der Waals surface area contributed by atoms with Gasteiger partial charge in [-0.05, 0) is 45.1 Å². The average Bonchev–Trinajstić information content (AvgIpc) is 2.16. The SMILES string of the molecule is C=C(C)CC[C@@H](O)[C@H](CC)CCCN. The van der Waals surface area contributed by atoms with E-state index in [0.717, 1.165) is 44.2 Å². The molecule has 0 bridgehead atoms. The molecule has 14 heavy (non-hydrogen) atoms. The van der Waals surface area contributed by atoms with E-state index in [1.165, 1.54) is 0 Å². The van der Waals surface area contributed by atoms with Gasteiger partial charge in [0.05, 0.1) is 6.10 Å². The maximum Gasteiger partial charge on any atom is 0.0571 e. The first-order valence-corrected chi connectivity index (χ1v) is 5.64. The zero-order valence-electron chi connectivity index (χ0n) is 9.63. The van der Waals surface area contributed by atoms with Gasteiger partial charge in [-0.25, -0.2) is 0 Å². The topological polar surface area (TPSA) is 46.2 Å². The van der Waals surface area contributed by atoms with Gasteiger partial charge in [0, 0.05) is 0 Å². The fourth-order valence-corrected chi connectivity index (χ4v) is 1.68. The maximum atomic E-state index is 9.90. The summed E-state index contributed by atoms with van der Waals surface area (Å²) in [5, 5.41) is 9.90. The molecule has 0 aliphatic rings. The highest BCUT2D eigenvalue weighted by Gasteiger charge is 2.16. The molecule has 84 valence electrons. The molecule has 2 nitrogen and oxygen atoms in total. The molecule has 3 N–H and O–H groups in total. The number of aliphatic hydroxyl groups excluding tert-OH is 1. The minimum absolute atomic E-state index is 0.178. The maximum absolute atomic E-state index is 9.90. The Morgan fingerprint density at radius 2 is 2.07 bits per heavy atom. The smallest absolute Gasteiger partial charge is 0.0571 e. The molecule has 0 amide bonds. The van der Waals surface area contributed by atoms with Crippen LogP contribution in [0.5, 0.6) is 0 Å². The van der Waals surface area contributed by atoms with E-state index < -0.39 is 0 Å². The summed E-state index contributed by atoms with van der Waals surface area (Å²) >= 11 is 0. The summed E-state index contributed by atoms with van der Waals surface area (Å²) in [5.41, 5.74) is 6.61. The lowest BCUT2D eigenvalue weighted by Gasteiger charge is -2.21. The van der Waals surface area contributed by atoms with Crippen molar-refractivity contribution in [2.75, 3.05) is 6.54 Å². The Morgan fingerprint density at radius 1 is 1.43 bits per heavy atom. The van der Waals surface area contributed by atoms with E-state index in [9.17, 15) is 5.11 Å². The highest BCUT2D eigenvalue weighted by molar-refractivity contribution is 4.88. The number of allylic oxidation sites excluding steroid dienone is 1. The largest absolute Gasteiger partial charge is 0.393 e. The summed E-state index contributed by atoms with van der Waals surface area (Å²) in [6.07, 6.45) is 4.70. The van der Waals surface area contributed by atoms with Crippen LogP contribution >= 0.6 is 0 Å². The van der Waals surface area contributed by atoms with Crippen molar-refractivity contribution in [3.05, 3.63) is 12.2 Å². The molecule has 0 unspecified atom stereocenters. The highest BCUT2D eigenvalue weighted by Crippen LogP contribution is 2.20. The zero-order valence-corrected chi connectivity index (χ0v) is 9.63. The van der Waals surface area contributed by atoms with E-state index in [4.69, 9.17) is 5.73 Å². The molecule has 0 saturated heterocycles. The second kappa shape index (κ2) is 8.01. The van der Waals surface area contributed by atoms with Crippen LogP contribution in [0, 0.1) is 5.92 Å². The van der Waals surface area contributed by atoms with E-state index in [1.807, 2.05) is 6.92 Å². The molecule has 2 atom stereocenters. The molecule has 0 aromatic carbocycles. The predicted molar refractivity (Wildman–Crippen MR) is 62.1 cm³/mol. The van der Waals surface area contributed by atoms with Gasteiger partial charge in [0.15, 0.2) is 0 Å². The minimum Gasteiger partial charge on any atom is -0.393 e. The van der Waals surface area contributed by atoms with Gasteiger partial charge in [-0.2, -0.15) is 0 Å². The molecule has 0 aliphatic carbocycles. The van der Waals surface area contributed by atoms with Crippen LogP contribution in [0.15, 0.2) is 12.2 Å². The Hall–Kier alpha value is -0.340. The number of aliphatic hydroxyl groups is 1. The number of hydrogen-bond donors (Lipinski definition) is 2. The Morgan fingerprint density at radius 3 is 2.50 bits per heavy atom.